The Labute approximate surface area is 131 Å². The van der Waals surface area contributed by atoms with Crippen LogP contribution in [0.15, 0.2) is 0 Å². The Morgan fingerprint density at radius 2 is 0.545 bits per heavy atom. The van der Waals surface area contributed by atoms with E-state index in [1.807, 2.05) is 0 Å². The molecule has 0 spiro atoms. The minimum atomic E-state index is -2.07. The van der Waals surface area contributed by atoms with Crippen LogP contribution >= 0.6 is 0 Å². The Bertz CT molecular complexity index is 290. The van der Waals surface area contributed by atoms with Gasteiger partial charge in [-0.2, -0.15) is 0 Å². The molecule has 0 rings (SSSR count). The van der Waals surface area contributed by atoms with E-state index in [0.29, 0.717) is 0 Å². The molecule has 0 aromatic rings. The normalized spacial score (nSPS) is 6.00. The fourth-order valence-electron chi connectivity index (χ4n) is 0. The van der Waals surface area contributed by atoms with Crippen LogP contribution < -0.4 is 33.8 Å². The van der Waals surface area contributed by atoms with E-state index in [1.54, 1.807) is 0 Å². The van der Waals surface area contributed by atoms with Crippen LogP contribution in [0.1, 0.15) is 0 Å². The smallest absolute Gasteiger partial charge is 0.539 e. The van der Waals surface area contributed by atoms with Crippen molar-refractivity contribution in [2.24, 2.45) is 0 Å². The molecule has 0 atom stereocenters. The van der Waals surface area contributed by atoms with Crippen LogP contribution in [0.3, 0.4) is 0 Å². The number of rotatable bonds is 0. The van der Waals surface area contributed by atoms with E-state index in [2.05, 4.69) is 0 Å². The molecular formula is C6H12FeN3O12. The summed E-state index contributed by atoms with van der Waals surface area (Å²) >= 11 is 0. The fraction of sp³-hybridized carbons (Fsp3) is 0. The van der Waals surface area contributed by atoms with Crippen molar-refractivity contribution in [3.05, 3.63) is 0 Å². The van der Waals surface area contributed by atoms with Gasteiger partial charge in [-0.15, -0.1) is 0 Å². The van der Waals surface area contributed by atoms with Gasteiger partial charge in [0.2, 0.25) is 0 Å². The first-order valence-electron chi connectivity index (χ1n) is 3.26. The van der Waals surface area contributed by atoms with E-state index in [-0.39, 0.29) is 35.5 Å². The average Bonchev–Trinajstić information content (AvgIpc) is 2.18. The zero-order valence-corrected chi connectivity index (χ0v) is 11.6. The second kappa shape index (κ2) is 23.3. The molecule has 22 heavy (non-hydrogen) atoms. The molecule has 0 saturated heterocycles. The Kier molecular flexibility index (Phi) is 45.3. The third-order valence-electron chi connectivity index (χ3n) is 0.524. The van der Waals surface area contributed by atoms with Crippen molar-refractivity contribution >= 4 is 35.8 Å². The Morgan fingerprint density at radius 3 is 0.545 bits per heavy atom. The first kappa shape index (κ1) is 42.7. The van der Waals surface area contributed by atoms with Gasteiger partial charge in [0.15, 0.2) is 17.9 Å². The van der Waals surface area contributed by atoms with Crippen molar-refractivity contribution in [2.45, 2.75) is 0 Å². The number of hydrogen-bond acceptors (Lipinski definition) is 12. The molecule has 0 aliphatic heterocycles. The molecule has 1 radical (unpaired) electrons. The third-order valence-corrected chi connectivity index (χ3v) is 0.524. The van der Waals surface area contributed by atoms with E-state index in [0.717, 1.165) is 0 Å². The molecule has 0 aliphatic rings. The van der Waals surface area contributed by atoms with Crippen LogP contribution in [0.25, 0.3) is 0 Å². The van der Waals surface area contributed by atoms with Crippen molar-refractivity contribution in [2.75, 3.05) is 0 Å². The molecule has 0 aliphatic carbocycles. The molecule has 0 unspecified atom stereocenters. The average molecular weight is 374 g/mol. The summed E-state index contributed by atoms with van der Waals surface area (Å²) in [6.07, 6.45) is 0. The summed E-state index contributed by atoms with van der Waals surface area (Å²) in [5, 5.41) is 49.0. The maximum atomic E-state index is 9.04. The second-order valence-corrected chi connectivity index (χ2v) is 1.78. The Balaban J connectivity index is -0.0000000281. The third kappa shape index (κ3) is 53.3. The molecule has 0 fully saturated rings. The number of carbonyl (C=O) groups excluding carboxylic acids is 3. The SMILES string of the molecule is N.N.N.O=C([O-])C(=O)O.O=C([O-])C(=O)O.O=C([O-])C(=O)O.[Fe+3]. The first-order valence-corrected chi connectivity index (χ1v) is 3.26. The van der Waals surface area contributed by atoms with Crippen molar-refractivity contribution in [3.8, 4) is 0 Å². The summed E-state index contributed by atoms with van der Waals surface area (Å²) in [7, 11) is 0. The second-order valence-electron chi connectivity index (χ2n) is 1.78. The van der Waals surface area contributed by atoms with Gasteiger partial charge in [-0.1, -0.05) is 0 Å². The Morgan fingerprint density at radius 1 is 0.500 bits per heavy atom. The van der Waals surface area contributed by atoms with Gasteiger partial charge in [0.25, 0.3) is 0 Å². The number of hydrogen-bond donors (Lipinski definition) is 6. The summed E-state index contributed by atoms with van der Waals surface area (Å²) < 4.78 is 0. The van der Waals surface area contributed by atoms with E-state index >= 15 is 0 Å². The maximum absolute atomic E-state index is 9.04. The zero-order chi connectivity index (χ0) is 15.5. The topological polar surface area (TPSA) is 337 Å². The van der Waals surface area contributed by atoms with E-state index < -0.39 is 35.8 Å². The van der Waals surface area contributed by atoms with Gasteiger partial charge < -0.3 is 63.5 Å². The van der Waals surface area contributed by atoms with Gasteiger partial charge in [-0.3, -0.25) is 0 Å². The molecule has 0 heterocycles. The molecule has 16 heteroatoms. The van der Waals surface area contributed by atoms with Crippen molar-refractivity contribution in [1.82, 2.24) is 18.5 Å². The predicted molar refractivity (Wildman–Crippen MR) is 53.0 cm³/mol. The number of carbonyl (C=O) groups is 6. The van der Waals surface area contributed by atoms with Crippen LogP contribution in [0, 0.1) is 0 Å². The molecule has 0 saturated carbocycles. The molecule has 15 nitrogen and oxygen atoms in total. The molecule has 12 N–H and O–H groups in total. The van der Waals surface area contributed by atoms with E-state index in [9.17, 15) is 0 Å². The molecule has 0 aromatic carbocycles. The first-order chi connectivity index (χ1) is 7.93. The van der Waals surface area contributed by atoms with E-state index in [4.69, 9.17) is 59.4 Å². The summed E-state index contributed by atoms with van der Waals surface area (Å²) in [6.45, 7) is 0. The number of carboxylic acids is 6. The minimum Gasteiger partial charge on any atom is -0.539 e. The fourth-order valence-corrected chi connectivity index (χ4v) is 0. The quantitative estimate of drug-likeness (QED) is 0.169. The predicted octanol–water partition coefficient (Wildman–Crippen LogP) is -6.05. The number of aliphatic carboxylic acids is 6. The summed E-state index contributed by atoms with van der Waals surface area (Å²) in [5.74, 6) is -12.0. The summed E-state index contributed by atoms with van der Waals surface area (Å²) in [5.41, 5.74) is 0. The monoisotopic (exact) mass is 374 g/mol. The van der Waals surface area contributed by atoms with Crippen LogP contribution in [-0.4, -0.2) is 51.1 Å². The van der Waals surface area contributed by atoms with Gasteiger partial charge in [-0.05, 0) is 0 Å². The van der Waals surface area contributed by atoms with Crippen molar-refractivity contribution in [1.29, 1.82) is 0 Å². The molecule has 0 bridgehead atoms. The minimum absolute atomic E-state index is 0. The molecular weight excluding hydrogens is 362 g/mol. The molecule has 0 amide bonds. The van der Waals surface area contributed by atoms with E-state index in [1.165, 1.54) is 0 Å². The van der Waals surface area contributed by atoms with Crippen LogP contribution in [-0.2, 0) is 45.8 Å². The van der Waals surface area contributed by atoms with Crippen molar-refractivity contribution in [3.63, 3.8) is 0 Å². The van der Waals surface area contributed by atoms with Gasteiger partial charge in [-0.25, -0.2) is 14.4 Å². The molecule has 0 aromatic heterocycles. The standard InChI is InChI=1S/3C2H2O4.Fe.3H3N/c3*3-1(4)2(5)6;;;;/h3*(H,3,4)(H,5,6);;3*1H3/q;;;+3;;;/p-3. The largest absolute Gasteiger partial charge is 3.00 e. The maximum Gasteiger partial charge on any atom is 3.00 e. The van der Waals surface area contributed by atoms with Crippen LogP contribution in [0.5, 0.6) is 0 Å². The number of carboxylic acid groups (broad SMARTS) is 6. The molecule has 131 valence electrons. The van der Waals surface area contributed by atoms with Gasteiger partial charge in [0.05, 0.1) is 0 Å². The summed E-state index contributed by atoms with van der Waals surface area (Å²) in [6, 6.07) is 0. The van der Waals surface area contributed by atoms with Crippen LogP contribution in [0.4, 0.5) is 0 Å². The van der Waals surface area contributed by atoms with Crippen molar-refractivity contribution < 1.29 is 76.5 Å². The van der Waals surface area contributed by atoms with Gasteiger partial charge >= 0.3 is 35.0 Å². The van der Waals surface area contributed by atoms with Gasteiger partial charge in [0, 0.05) is 0 Å². The Hall–Kier alpha value is -2.78. The zero-order valence-electron chi connectivity index (χ0n) is 10.5. The summed E-state index contributed by atoms with van der Waals surface area (Å²) in [4.78, 5) is 54.1. The van der Waals surface area contributed by atoms with Crippen LogP contribution in [0.2, 0.25) is 0 Å². The van der Waals surface area contributed by atoms with Gasteiger partial charge in [0.1, 0.15) is 0 Å².